The minimum Gasteiger partial charge on any atom is -0.469 e. The minimum absolute atomic E-state index is 0.212. The quantitative estimate of drug-likeness (QED) is 0.547. The molecule has 2 aromatic carbocycles. The third-order valence-corrected chi connectivity index (χ3v) is 7.86. The fourth-order valence-electron chi connectivity index (χ4n) is 6.17. The van der Waals surface area contributed by atoms with Crippen LogP contribution < -0.4 is 0 Å². The summed E-state index contributed by atoms with van der Waals surface area (Å²) in [6.45, 7) is 3.98. The molecule has 29 heavy (non-hydrogen) atoms. The molecule has 3 aromatic rings. The SMILES string of the molecule is COC(=O)[C@]1(C)[C@@H](O)CC[C@@]2(C)c3cc4c(cc3[C@@H](O)C[C@@H]12)[nH]c1ccccc14. The van der Waals surface area contributed by atoms with Gasteiger partial charge in [0.25, 0.3) is 0 Å². The Labute approximate surface area is 169 Å². The van der Waals surface area contributed by atoms with Gasteiger partial charge in [-0.05, 0) is 66.8 Å². The number of fused-ring (bicyclic) bond motifs is 6. The predicted molar refractivity (Wildman–Crippen MR) is 112 cm³/mol. The first-order valence-electron chi connectivity index (χ1n) is 10.3. The molecule has 0 bridgehead atoms. The molecular weight excluding hydrogens is 366 g/mol. The van der Waals surface area contributed by atoms with Gasteiger partial charge < -0.3 is 19.9 Å². The Bertz CT molecular complexity index is 1130. The molecule has 1 fully saturated rings. The van der Waals surface area contributed by atoms with Crippen molar-refractivity contribution in [1.29, 1.82) is 0 Å². The van der Waals surface area contributed by atoms with E-state index in [4.69, 9.17) is 4.74 Å². The second-order valence-corrected chi connectivity index (χ2v) is 9.21. The zero-order valence-corrected chi connectivity index (χ0v) is 17.0. The van der Waals surface area contributed by atoms with Gasteiger partial charge in [0.15, 0.2) is 0 Å². The smallest absolute Gasteiger partial charge is 0.314 e. The van der Waals surface area contributed by atoms with Crippen LogP contribution in [0.15, 0.2) is 36.4 Å². The Morgan fingerprint density at radius 2 is 1.90 bits per heavy atom. The molecule has 1 heterocycles. The van der Waals surface area contributed by atoms with Crippen molar-refractivity contribution in [2.45, 2.75) is 50.7 Å². The summed E-state index contributed by atoms with van der Waals surface area (Å²) >= 11 is 0. The highest BCUT2D eigenvalue weighted by molar-refractivity contribution is 6.07. The van der Waals surface area contributed by atoms with Crippen LogP contribution in [-0.4, -0.2) is 34.4 Å². The molecule has 0 spiro atoms. The molecular formula is C24H27NO4. The molecule has 2 aliphatic carbocycles. The number of esters is 1. The van der Waals surface area contributed by atoms with Gasteiger partial charge >= 0.3 is 5.97 Å². The van der Waals surface area contributed by atoms with E-state index in [0.29, 0.717) is 12.8 Å². The van der Waals surface area contributed by atoms with E-state index in [1.165, 1.54) is 7.11 Å². The number of para-hydroxylation sites is 1. The molecule has 0 aliphatic heterocycles. The lowest BCUT2D eigenvalue weighted by atomic mass is 9.48. The standard InChI is InChI=1S/C24H27NO4/c1-23-9-8-21(27)24(2,22(28)29-3)20(23)12-19(26)15-11-18-14(10-16(15)23)13-6-4-5-7-17(13)25-18/h4-7,10-11,19-21,25-27H,8-9,12H2,1-3H3/t19-,20+,21-,23-,24-/m0/s1. The van der Waals surface area contributed by atoms with E-state index in [2.05, 4.69) is 36.2 Å². The van der Waals surface area contributed by atoms with Gasteiger partial charge in [0.05, 0.1) is 24.7 Å². The largest absolute Gasteiger partial charge is 0.469 e. The van der Waals surface area contributed by atoms with Crippen LogP contribution in [-0.2, 0) is 14.9 Å². The summed E-state index contributed by atoms with van der Waals surface area (Å²) < 4.78 is 5.11. The van der Waals surface area contributed by atoms with Crippen molar-refractivity contribution in [3.05, 3.63) is 47.5 Å². The number of hydrogen-bond donors (Lipinski definition) is 3. The van der Waals surface area contributed by atoms with E-state index in [1.807, 2.05) is 12.1 Å². The number of hydrogen-bond acceptors (Lipinski definition) is 4. The Kier molecular flexibility index (Phi) is 3.90. The molecule has 3 N–H and O–H groups in total. The minimum atomic E-state index is -1.05. The lowest BCUT2D eigenvalue weighted by Gasteiger charge is -2.56. The summed E-state index contributed by atoms with van der Waals surface area (Å²) in [7, 11) is 1.37. The first-order valence-corrected chi connectivity index (χ1v) is 10.3. The third kappa shape index (κ3) is 2.31. The highest BCUT2D eigenvalue weighted by Gasteiger charge is 2.61. The number of H-pyrrole nitrogens is 1. The van der Waals surface area contributed by atoms with Crippen LogP contribution in [0.1, 0.15) is 50.3 Å². The van der Waals surface area contributed by atoms with E-state index in [9.17, 15) is 15.0 Å². The fourth-order valence-corrected chi connectivity index (χ4v) is 6.17. The van der Waals surface area contributed by atoms with Crippen molar-refractivity contribution in [1.82, 2.24) is 4.98 Å². The molecule has 0 saturated heterocycles. The molecule has 1 saturated carbocycles. The van der Waals surface area contributed by atoms with Gasteiger partial charge in [-0.3, -0.25) is 4.79 Å². The number of aliphatic hydroxyl groups is 2. The van der Waals surface area contributed by atoms with Gasteiger partial charge in [-0.2, -0.15) is 0 Å². The second-order valence-electron chi connectivity index (χ2n) is 9.21. The van der Waals surface area contributed by atoms with Crippen molar-refractivity contribution < 1.29 is 19.7 Å². The number of carbonyl (C=O) groups is 1. The maximum atomic E-state index is 12.8. The van der Waals surface area contributed by atoms with Gasteiger partial charge in [-0.25, -0.2) is 0 Å². The Hall–Kier alpha value is -2.37. The highest BCUT2D eigenvalue weighted by atomic mass is 16.5. The zero-order chi connectivity index (χ0) is 20.6. The van der Waals surface area contributed by atoms with Crippen LogP contribution >= 0.6 is 0 Å². The van der Waals surface area contributed by atoms with E-state index >= 15 is 0 Å². The van der Waals surface area contributed by atoms with E-state index in [-0.39, 0.29) is 11.3 Å². The van der Waals surface area contributed by atoms with Crippen LogP contribution in [0.4, 0.5) is 0 Å². The molecule has 5 rings (SSSR count). The number of aliphatic hydroxyl groups excluding tert-OH is 2. The number of nitrogens with one attached hydrogen (secondary N) is 1. The molecule has 1 aromatic heterocycles. The number of aromatic amines is 1. The van der Waals surface area contributed by atoms with Crippen LogP contribution in [0, 0.1) is 11.3 Å². The van der Waals surface area contributed by atoms with E-state index in [0.717, 1.165) is 39.4 Å². The fraction of sp³-hybridized carbons (Fsp3) is 0.458. The van der Waals surface area contributed by atoms with Gasteiger partial charge in [0.1, 0.15) is 0 Å². The summed E-state index contributed by atoms with van der Waals surface area (Å²) in [6, 6.07) is 12.4. The molecule has 0 amide bonds. The monoisotopic (exact) mass is 393 g/mol. The predicted octanol–water partition coefficient (Wildman–Crippen LogP) is 3.97. The Morgan fingerprint density at radius 3 is 2.66 bits per heavy atom. The number of rotatable bonds is 1. The number of ether oxygens (including phenoxy) is 1. The average Bonchev–Trinajstić information content (AvgIpc) is 3.09. The van der Waals surface area contributed by atoms with E-state index in [1.54, 1.807) is 6.92 Å². The second kappa shape index (κ2) is 6.07. The van der Waals surface area contributed by atoms with Crippen molar-refractivity contribution in [3.63, 3.8) is 0 Å². The van der Waals surface area contributed by atoms with Crippen LogP contribution in [0.3, 0.4) is 0 Å². The molecule has 152 valence electrons. The lowest BCUT2D eigenvalue weighted by Crippen LogP contribution is -2.59. The Morgan fingerprint density at radius 1 is 1.14 bits per heavy atom. The molecule has 0 radical (unpaired) electrons. The zero-order valence-electron chi connectivity index (χ0n) is 17.0. The van der Waals surface area contributed by atoms with Crippen LogP contribution in [0.5, 0.6) is 0 Å². The van der Waals surface area contributed by atoms with Crippen LogP contribution in [0.2, 0.25) is 0 Å². The Balaban J connectivity index is 1.76. The number of benzene rings is 2. The van der Waals surface area contributed by atoms with Crippen LogP contribution in [0.25, 0.3) is 21.8 Å². The normalized spacial score (nSPS) is 34.0. The summed E-state index contributed by atoms with van der Waals surface area (Å²) in [4.78, 5) is 16.3. The first-order chi connectivity index (χ1) is 13.8. The topological polar surface area (TPSA) is 82.6 Å². The van der Waals surface area contributed by atoms with Crippen molar-refractivity contribution in [3.8, 4) is 0 Å². The van der Waals surface area contributed by atoms with Gasteiger partial charge in [-0.1, -0.05) is 25.1 Å². The van der Waals surface area contributed by atoms with Crippen molar-refractivity contribution in [2.75, 3.05) is 7.11 Å². The van der Waals surface area contributed by atoms with Gasteiger partial charge in [0, 0.05) is 21.8 Å². The maximum Gasteiger partial charge on any atom is 0.314 e. The third-order valence-electron chi connectivity index (χ3n) is 7.86. The molecule has 5 heteroatoms. The molecule has 0 unspecified atom stereocenters. The molecule has 5 atom stereocenters. The molecule has 2 aliphatic rings. The number of carbonyl (C=O) groups excluding carboxylic acids is 1. The van der Waals surface area contributed by atoms with Gasteiger partial charge in [0.2, 0.25) is 0 Å². The summed E-state index contributed by atoms with van der Waals surface area (Å²) in [5.74, 6) is -0.610. The summed E-state index contributed by atoms with van der Waals surface area (Å²) in [5.41, 5.74) is 2.71. The summed E-state index contributed by atoms with van der Waals surface area (Å²) in [6.07, 6.45) is 0.253. The number of aromatic nitrogens is 1. The average molecular weight is 393 g/mol. The van der Waals surface area contributed by atoms with Crippen molar-refractivity contribution >= 4 is 27.8 Å². The first kappa shape index (κ1) is 18.6. The maximum absolute atomic E-state index is 12.8. The summed E-state index contributed by atoms with van der Waals surface area (Å²) in [5, 5.41) is 24.2. The van der Waals surface area contributed by atoms with Crippen molar-refractivity contribution in [2.24, 2.45) is 11.3 Å². The highest BCUT2D eigenvalue weighted by Crippen LogP contribution is 2.60. The lowest BCUT2D eigenvalue weighted by molar-refractivity contribution is -0.177. The van der Waals surface area contributed by atoms with E-state index < -0.39 is 23.6 Å². The number of methoxy groups -OCH3 is 1. The van der Waals surface area contributed by atoms with Gasteiger partial charge in [-0.15, -0.1) is 0 Å². The molecule has 5 nitrogen and oxygen atoms in total.